The smallest absolute Gasteiger partial charge is 0.261 e. The summed E-state index contributed by atoms with van der Waals surface area (Å²) < 4.78 is 1.58. The number of nitrogens with zero attached hydrogens (tertiary/aromatic N) is 2. The van der Waals surface area contributed by atoms with E-state index >= 15 is 0 Å². The van der Waals surface area contributed by atoms with Crippen LogP contribution >= 0.6 is 11.8 Å². The van der Waals surface area contributed by atoms with E-state index in [4.69, 9.17) is 0 Å². The SMILES string of the molecule is C=CCSc1nc2ccccc2c(=O)n1C. The molecule has 2 rings (SSSR count). The quantitative estimate of drug-likeness (QED) is 0.462. The predicted molar refractivity (Wildman–Crippen MR) is 67.9 cm³/mol. The largest absolute Gasteiger partial charge is 0.290 e. The topological polar surface area (TPSA) is 34.9 Å². The Morgan fingerprint density at radius 2 is 2.25 bits per heavy atom. The molecule has 0 spiro atoms. The van der Waals surface area contributed by atoms with Gasteiger partial charge < -0.3 is 0 Å². The molecule has 0 radical (unpaired) electrons. The second kappa shape index (κ2) is 4.53. The van der Waals surface area contributed by atoms with Crippen LogP contribution in [0.2, 0.25) is 0 Å². The molecule has 0 unspecified atom stereocenters. The molecule has 0 aliphatic heterocycles. The van der Waals surface area contributed by atoms with Gasteiger partial charge >= 0.3 is 0 Å². The van der Waals surface area contributed by atoms with Gasteiger partial charge in [0.1, 0.15) is 0 Å². The molecule has 16 heavy (non-hydrogen) atoms. The average Bonchev–Trinajstić information content (AvgIpc) is 2.32. The average molecular weight is 232 g/mol. The van der Waals surface area contributed by atoms with Gasteiger partial charge in [-0.3, -0.25) is 9.36 Å². The van der Waals surface area contributed by atoms with Crippen LogP contribution in [0, 0.1) is 0 Å². The molecule has 0 aliphatic carbocycles. The van der Waals surface area contributed by atoms with Crippen LogP contribution in [0.5, 0.6) is 0 Å². The predicted octanol–water partition coefficient (Wildman–Crippen LogP) is 2.21. The zero-order valence-electron chi connectivity index (χ0n) is 9.01. The van der Waals surface area contributed by atoms with E-state index in [0.29, 0.717) is 5.39 Å². The summed E-state index contributed by atoms with van der Waals surface area (Å²) in [6.07, 6.45) is 1.80. The fraction of sp³-hybridized carbons (Fsp3) is 0.167. The molecule has 1 aromatic heterocycles. The van der Waals surface area contributed by atoms with E-state index in [9.17, 15) is 4.79 Å². The van der Waals surface area contributed by atoms with Crippen molar-refractivity contribution in [3.63, 3.8) is 0 Å². The van der Waals surface area contributed by atoms with E-state index in [1.165, 1.54) is 11.8 Å². The maximum absolute atomic E-state index is 12.0. The van der Waals surface area contributed by atoms with Crippen molar-refractivity contribution in [2.75, 3.05) is 5.75 Å². The van der Waals surface area contributed by atoms with Crippen LogP contribution in [0.4, 0.5) is 0 Å². The van der Waals surface area contributed by atoms with E-state index in [1.54, 1.807) is 23.8 Å². The number of fused-ring (bicyclic) bond motifs is 1. The Morgan fingerprint density at radius 3 is 3.00 bits per heavy atom. The van der Waals surface area contributed by atoms with E-state index in [-0.39, 0.29) is 5.56 Å². The third kappa shape index (κ3) is 1.88. The third-order valence-electron chi connectivity index (χ3n) is 2.27. The molecule has 3 nitrogen and oxygen atoms in total. The number of hydrogen-bond donors (Lipinski definition) is 0. The van der Waals surface area contributed by atoms with Gasteiger partial charge in [0.15, 0.2) is 5.16 Å². The maximum atomic E-state index is 12.0. The number of rotatable bonds is 3. The van der Waals surface area contributed by atoms with Crippen molar-refractivity contribution in [2.24, 2.45) is 7.05 Å². The molecule has 0 bridgehead atoms. The molecule has 4 heteroatoms. The number of para-hydroxylation sites is 1. The van der Waals surface area contributed by atoms with Crippen LogP contribution in [0.3, 0.4) is 0 Å². The van der Waals surface area contributed by atoms with Crippen molar-refractivity contribution in [3.8, 4) is 0 Å². The zero-order valence-corrected chi connectivity index (χ0v) is 9.83. The van der Waals surface area contributed by atoms with Crippen LogP contribution < -0.4 is 5.56 Å². The second-order valence-corrected chi connectivity index (χ2v) is 4.36. The third-order valence-corrected chi connectivity index (χ3v) is 3.30. The van der Waals surface area contributed by atoms with Crippen molar-refractivity contribution in [1.29, 1.82) is 0 Å². The summed E-state index contributed by atoms with van der Waals surface area (Å²) in [7, 11) is 1.74. The van der Waals surface area contributed by atoms with Gasteiger partial charge in [0.05, 0.1) is 10.9 Å². The molecule has 0 amide bonds. The molecular weight excluding hydrogens is 220 g/mol. The fourth-order valence-corrected chi connectivity index (χ4v) is 2.17. The van der Waals surface area contributed by atoms with Gasteiger partial charge in [0.25, 0.3) is 5.56 Å². The normalized spacial score (nSPS) is 10.6. The van der Waals surface area contributed by atoms with Crippen LogP contribution in [-0.2, 0) is 7.05 Å². The molecule has 1 heterocycles. The highest BCUT2D eigenvalue weighted by Crippen LogP contribution is 2.16. The van der Waals surface area contributed by atoms with Crippen molar-refractivity contribution in [2.45, 2.75) is 5.16 Å². The van der Waals surface area contributed by atoms with E-state index in [0.717, 1.165) is 16.4 Å². The van der Waals surface area contributed by atoms with Crippen LogP contribution in [0.1, 0.15) is 0 Å². The fourth-order valence-electron chi connectivity index (χ4n) is 1.46. The standard InChI is InChI=1S/C12H12N2OS/c1-3-8-16-12-13-10-7-5-4-6-9(10)11(15)14(12)2/h3-7H,1,8H2,2H3. The van der Waals surface area contributed by atoms with E-state index in [1.807, 2.05) is 18.2 Å². The number of aromatic nitrogens is 2. The first kappa shape index (κ1) is 11.0. The Bertz CT molecular complexity index is 589. The van der Waals surface area contributed by atoms with Gasteiger partial charge in [0, 0.05) is 12.8 Å². The Morgan fingerprint density at radius 1 is 1.50 bits per heavy atom. The summed E-state index contributed by atoms with van der Waals surface area (Å²) in [4.78, 5) is 16.4. The summed E-state index contributed by atoms with van der Waals surface area (Å²) in [6, 6.07) is 7.39. The minimum atomic E-state index is -0.00263. The molecule has 0 N–H and O–H groups in total. The molecule has 0 fully saturated rings. The minimum absolute atomic E-state index is 0.00263. The van der Waals surface area contributed by atoms with Crippen molar-refractivity contribution >= 4 is 22.7 Å². The second-order valence-electron chi connectivity index (χ2n) is 3.38. The minimum Gasteiger partial charge on any atom is -0.290 e. The number of benzene rings is 1. The molecule has 0 saturated carbocycles. The lowest BCUT2D eigenvalue weighted by Crippen LogP contribution is -2.19. The van der Waals surface area contributed by atoms with Crippen molar-refractivity contribution < 1.29 is 0 Å². The van der Waals surface area contributed by atoms with Gasteiger partial charge in [-0.1, -0.05) is 30.0 Å². The molecule has 82 valence electrons. The lowest BCUT2D eigenvalue weighted by molar-refractivity contribution is 0.727. The first-order valence-corrected chi connectivity index (χ1v) is 5.92. The Kier molecular flexibility index (Phi) is 3.10. The summed E-state index contributed by atoms with van der Waals surface area (Å²) >= 11 is 1.51. The van der Waals surface area contributed by atoms with Crippen LogP contribution in [0.25, 0.3) is 10.9 Å². The highest BCUT2D eigenvalue weighted by molar-refractivity contribution is 7.99. The zero-order chi connectivity index (χ0) is 11.5. The molecule has 2 aromatic rings. The Labute approximate surface area is 97.8 Å². The molecule has 0 atom stereocenters. The van der Waals surface area contributed by atoms with Crippen molar-refractivity contribution in [1.82, 2.24) is 9.55 Å². The Balaban J connectivity index is 2.64. The van der Waals surface area contributed by atoms with Gasteiger partial charge in [-0.05, 0) is 12.1 Å². The van der Waals surface area contributed by atoms with Crippen LogP contribution in [-0.4, -0.2) is 15.3 Å². The van der Waals surface area contributed by atoms with Gasteiger partial charge in [0.2, 0.25) is 0 Å². The highest BCUT2D eigenvalue weighted by atomic mass is 32.2. The van der Waals surface area contributed by atoms with Gasteiger partial charge in [-0.25, -0.2) is 4.98 Å². The molecule has 0 aliphatic rings. The first-order valence-electron chi connectivity index (χ1n) is 4.93. The lowest BCUT2D eigenvalue weighted by atomic mass is 10.2. The van der Waals surface area contributed by atoms with Gasteiger partial charge in [-0.15, -0.1) is 6.58 Å². The molecular formula is C12H12N2OS. The Hall–Kier alpha value is -1.55. The van der Waals surface area contributed by atoms with E-state index in [2.05, 4.69) is 11.6 Å². The van der Waals surface area contributed by atoms with Crippen LogP contribution in [0.15, 0.2) is 46.9 Å². The maximum Gasteiger partial charge on any atom is 0.261 e. The summed E-state index contributed by atoms with van der Waals surface area (Å²) in [5.41, 5.74) is 0.745. The summed E-state index contributed by atoms with van der Waals surface area (Å²) in [5.74, 6) is 0.749. The highest BCUT2D eigenvalue weighted by Gasteiger charge is 2.06. The van der Waals surface area contributed by atoms with Gasteiger partial charge in [-0.2, -0.15) is 0 Å². The van der Waals surface area contributed by atoms with Crippen molar-refractivity contribution in [3.05, 3.63) is 47.3 Å². The summed E-state index contributed by atoms with van der Waals surface area (Å²) in [6.45, 7) is 3.65. The molecule has 1 aromatic carbocycles. The first-order chi connectivity index (χ1) is 7.74. The lowest BCUT2D eigenvalue weighted by Gasteiger charge is -2.06. The number of thioether (sulfide) groups is 1. The molecule has 0 saturated heterocycles. The van der Waals surface area contributed by atoms with E-state index < -0.39 is 0 Å². The summed E-state index contributed by atoms with van der Waals surface area (Å²) in [5, 5.41) is 1.39. The monoisotopic (exact) mass is 232 g/mol. The number of hydrogen-bond acceptors (Lipinski definition) is 3.